The summed E-state index contributed by atoms with van der Waals surface area (Å²) in [7, 11) is 0. The van der Waals surface area contributed by atoms with Gasteiger partial charge >= 0.3 is 0 Å². The molecule has 0 amide bonds. The third-order valence-electron chi connectivity index (χ3n) is 0.712. The van der Waals surface area contributed by atoms with Gasteiger partial charge in [-0.15, -0.1) is 0 Å². The second-order valence-electron chi connectivity index (χ2n) is 1.34. The average Bonchev–Trinajstić information content (AvgIpc) is 2.00. The summed E-state index contributed by atoms with van der Waals surface area (Å²) in [5, 5.41) is 9.03. The Hall–Kier alpha value is -0.760. The lowest BCUT2D eigenvalue weighted by Crippen LogP contribution is -1.69. The van der Waals surface area contributed by atoms with E-state index in [1.807, 2.05) is 13.8 Å². The van der Waals surface area contributed by atoms with Crippen molar-refractivity contribution in [3.8, 4) is 5.75 Å². The Labute approximate surface area is 65.5 Å². The molecule has 0 aromatic carbocycles. The minimum atomic E-state index is 0.134. The minimum absolute atomic E-state index is 0.134. The van der Waals surface area contributed by atoms with E-state index in [-0.39, 0.29) is 5.75 Å². The number of pyridine rings is 1. The summed E-state index contributed by atoms with van der Waals surface area (Å²) in [6.45, 7) is 4.00. The molecule has 0 saturated carbocycles. The normalized spacial score (nSPS) is 7.90. The van der Waals surface area contributed by atoms with Crippen LogP contribution in [0.2, 0.25) is 5.15 Å². The summed E-state index contributed by atoms with van der Waals surface area (Å²) >= 11 is 5.39. The number of hydrogen-bond donors (Lipinski definition) is 1. The molecule has 1 heterocycles. The van der Waals surface area contributed by atoms with Crippen LogP contribution in [0.25, 0.3) is 0 Å². The predicted molar refractivity (Wildman–Crippen MR) is 42.3 cm³/mol. The number of rotatable bonds is 0. The largest absolute Gasteiger partial charge is 0.506 e. The van der Waals surface area contributed by atoms with Crippen molar-refractivity contribution in [2.24, 2.45) is 0 Å². The molecule has 1 aromatic rings. The maximum absolute atomic E-state index is 8.64. The van der Waals surface area contributed by atoms with E-state index in [0.29, 0.717) is 5.15 Å². The molecular weight excluding hydrogens is 150 g/mol. The number of nitrogens with zero attached hydrogens (tertiary/aromatic N) is 1. The molecule has 0 radical (unpaired) electrons. The summed E-state index contributed by atoms with van der Waals surface area (Å²) in [5.41, 5.74) is 0. The Morgan fingerprint density at radius 2 is 2.00 bits per heavy atom. The summed E-state index contributed by atoms with van der Waals surface area (Å²) in [5.74, 6) is 0.134. The van der Waals surface area contributed by atoms with Gasteiger partial charge in [0.25, 0.3) is 0 Å². The van der Waals surface area contributed by atoms with Gasteiger partial charge in [-0.1, -0.05) is 25.4 Å². The second kappa shape index (κ2) is 5.06. The zero-order chi connectivity index (χ0) is 7.98. The quantitative estimate of drug-likeness (QED) is 0.590. The molecule has 0 bridgehead atoms. The maximum atomic E-state index is 8.64. The molecular formula is C7H10ClNO. The van der Waals surface area contributed by atoms with Crippen LogP contribution in [0.1, 0.15) is 13.8 Å². The van der Waals surface area contributed by atoms with Crippen LogP contribution < -0.4 is 0 Å². The zero-order valence-electron chi connectivity index (χ0n) is 6.00. The molecule has 0 aliphatic carbocycles. The Balaban J connectivity index is 0.000000371. The Bertz CT molecular complexity index is 152. The number of halogens is 1. The van der Waals surface area contributed by atoms with Crippen LogP contribution in [-0.4, -0.2) is 10.1 Å². The fourth-order valence-corrected chi connectivity index (χ4v) is 0.480. The molecule has 2 nitrogen and oxygen atoms in total. The first-order valence-electron chi connectivity index (χ1n) is 3.09. The fraction of sp³-hybridized carbons (Fsp3) is 0.286. The molecule has 1 N–H and O–H groups in total. The van der Waals surface area contributed by atoms with Gasteiger partial charge in [0.2, 0.25) is 0 Å². The van der Waals surface area contributed by atoms with E-state index in [9.17, 15) is 0 Å². The first kappa shape index (κ1) is 9.24. The molecule has 1 aromatic heterocycles. The van der Waals surface area contributed by atoms with Crippen molar-refractivity contribution in [1.82, 2.24) is 4.98 Å². The molecule has 0 spiro atoms. The van der Waals surface area contributed by atoms with Crippen LogP contribution in [0.3, 0.4) is 0 Å². The Kier molecular flexibility index (Phi) is 4.67. The van der Waals surface area contributed by atoms with E-state index in [0.717, 1.165) is 0 Å². The highest BCUT2D eigenvalue weighted by molar-refractivity contribution is 6.29. The van der Waals surface area contributed by atoms with E-state index in [1.54, 1.807) is 0 Å². The van der Waals surface area contributed by atoms with Gasteiger partial charge in [0.15, 0.2) is 0 Å². The molecule has 56 valence electrons. The van der Waals surface area contributed by atoms with Crippen molar-refractivity contribution in [1.29, 1.82) is 0 Å². The SMILES string of the molecule is CC.Oc1ccc(Cl)nc1. The standard InChI is InChI=1S/C5H4ClNO.C2H6/c6-5-2-1-4(8)3-7-5;1-2/h1-3,8H;1-2H3. The molecule has 0 aliphatic heterocycles. The molecule has 0 fully saturated rings. The van der Waals surface area contributed by atoms with Crippen molar-refractivity contribution < 1.29 is 5.11 Å². The van der Waals surface area contributed by atoms with Crippen LogP contribution in [-0.2, 0) is 0 Å². The van der Waals surface area contributed by atoms with Crippen LogP contribution in [0.5, 0.6) is 5.75 Å². The predicted octanol–water partition coefficient (Wildman–Crippen LogP) is 2.47. The lowest BCUT2D eigenvalue weighted by Gasteiger charge is -1.86. The van der Waals surface area contributed by atoms with Crippen molar-refractivity contribution in [3.05, 3.63) is 23.5 Å². The molecule has 0 unspecified atom stereocenters. The monoisotopic (exact) mass is 159 g/mol. The smallest absolute Gasteiger partial charge is 0.133 e. The van der Waals surface area contributed by atoms with Crippen LogP contribution in [0.4, 0.5) is 0 Å². The van der Waals surface area contributed by atoms with Crippen molar-refractivity contribution in [3.63, 3.8) is 0 Å². The Morgan fingerprint density at radius 1 is 1.40 bits per heavy atom. The van der Waals surface area contributed by atoms with Crippen molar-refractivity contribution in [2.45, 2.75) is 13.8 Å². The van der Waals surface area contributed by atoms with Gasteiger partial charge in [-0.3, -0.25) is 0 Å². The first-order chi connectivity index (χ1) is 4.79. The number of hydrogen-bond acceptors (Lipinski definition) is 2. The van der Waals surface area contributed by atoms with Gasteiger partial charge in [0, 0.05) is 0 Å². The highest BCUT2D eigenvalue weighted by Crippen LogP contribution is 2.08. The molecule has 0 aliphatic rings. The minimum Gasteiger partial charge on any atom is -0.506 e. The number of aromatic hydroxyl groups is 1. The van der Waals surface area contributed by atoms with Crippen LogP contribution in [0.15, 0.2) is 18.3 Å². The van der Waals surface area contributed by atoms with Gasteiger partial charge in [0.1, 0.15) is 10.9 Å². The fourth-order valence-electron chi connectivity index (χ4n) is 0.368. The molecule has 0 saturated heterocycles. The Morgan fingerprint density at radius 3 is 2.30 bits per heavy atom. The molecule has 10 heavy (non-hydrogen) atoms. The van der Waals surface area contributed by atoms with Crippen LogP contribution in [0, 0.1) is 0 Å². The van der Waals surface area contributed by atoms with Gasteiger partial charge in [-0.2, -0.15) is 0 Å². The van der Waals surface area contributed by atoms with E-state index in [1.165, 1.54) is 18.3 Å². The van der Waals surface area contributed by atoms with E-state index in [4.69, 9.17) is 16.7 Å². The molecule has 1 rings (SSSR count). The lowest BCUT2D eigenvalue weighted by molar-refractivity contribution is 0.472. The average molecular weight is 160 g/mol. The molecule has 0 atom stereocenters. The summed E-state index contributed by atoms with van der Waals surface area (Å²) in [4.78, 5) is 3.59. The van der Waals surface area contributed by atoms with Crippen molar-refractivity contribution in [2.75, 3.05) is 0 Å². The highest BCUT2D eigenvalue weighted by Gasteiger charge is 1.85. The van der Waals surface area contributed by atoms with Crippen molar-refractivity contribution >= 4 is 11.6 Å². The van der Waals surface area contributed by atoms with Gasteiger partial charge in [0.05, 0.1) is 6.20 Å². The first-order valence-corrected chi connectivity index (χ1v) is 3.47. The second-order valence-corrected chi connectivity index (χ2v) is 1.73. The summed E-state index contributed by atoms with van der Waals surface area (Å²) in [6.07, 6.45) is 1.29. The zero-order valence-corrected chi connectivity index (χ0v) is 6.76. The van der Waals surface area contributed by atoms with Gasteiger partial charge in [-0.25, -0.2) is 4.98 Å². The summed E-state index contributed by atoms with van der Waals surface area (Å²) in [6, 6.07) is 3.01. The third-order valence-corrected chi connectivity index (χ3v) is 0.935. The van der Waals surface area contributed by atoms with Gasteiger partial charge < -0.3 is 5.11 Å². The van der Waals surface area contributed by atoms with Gasteiger partial charge in [-0.05, 0) is 12.1 Å². The van der Waals surface area contributed by atoms with E-state index < -0.39 is 0 Å². The number of aromatic nitrogens is 1. The third kappa shape index (κ3) is 3.30. The van der Waals surface area contributed by atoms with E-state index in [2.05, 4.69) is 4.98 Å². The lowest BCUT2D eigenvalue weighted by atomic mass is 10.5. The maximum Gasteiger partial charge on any atom is 0.133 e. The van der Waals surface area contributed by atoms with Crippen LogP contribution >= 0.6 is 11.6 Å². The summed E-state index contributed by atoms with van der Waals surface area (Å²) < 4.78 is 0. The topological polar surface area (TPSA) is 33.1 Å². The highest BCUT2D eigenvalue weighted by atomic mass is 35.5. The molecule has 3 heteroatoms. The van der Waals surface area contributed by atoms with E-state index >= 15 is 0 Å².